The predicted molar refractivity (Wildman–Crippen MR) is 126 cm³/mol. The highest BCUT2D eigenvalue weighted by atomic mass is 16.5. The number of hydrogen-bond acceptors (Lipinski definition) is 4. The summed E-state index contributed by atoms with van der Waals surface area (Å²) in [5.41, 5.74) is 5.25. The van der Waals surface area contributed by atoms with E-state index >= 15 is 0 Å². The number of nitrogens with zero attached hydrogens (tertiary/aromatic N) is 2. The summed E-state index contributed by atoms with van der Waals surface area (Å²) < 4.78 is 5.26. The van der Waals surface area contributed by atoms with Crippen LogP contribution >= 0.6 is 0 Å². The number of ether oxygens (including phenoxy) is 1. The minimum atomic E-state index is -0.321. The molecule has 4 rings (SSSR count). The number of hydrogen-bond donors (Lipinski definition) is 0. The fourth-order valence-corrected chi connectivity index (χ4v) is 3.93. The molecule has 0 fully saturated rings. The molecule has 0 aromatic heterocycles. The van der Waals surface area contributed by atoms with E-state index in [-0.39, 0.29) is 11.8 Å². The molecule has 1 aliphatic heterocycles. The molecule has 3 aromatic carbocycles. The van der Waals surface area contributed by atoms with Crippen LogP contribution in [0.1, 0.15) is 22.3 Å². The van der Waals surface area contributed by atoms with Gasteiger partial charge in [-0.2, -0.15) is 0 Å². The Morgan fingerprint density at radius 3 is 2.16 bits per heavy atom. The van der Waals surface area contributed by atoms with E-state index in [1.807, 2.05) is 86.5 Å². The van der Waals surface area contributed by atoms with Gasteiger partial charge in [0.15, 0.2) is 0 Å². The molecule has 0 spiro atoms. The van der Waals surface area contributed by atoms with Crippen LogP contribution in [-0.4, -0.2) is 30.9 Å². The fraction of sp³-hybridized carbons (Fsp3) is 0.185. The van der Waals surface area contributed by atoms with Gasteiger partial charge >= 0.3 is 0 Å². The molecule has 0 N–H and O–H groups in total. The van der Waals surface area contributed by atoms with Gasteiger partial charge < -0.3 is 9.64 Å². The van der Waals surface area contributed by atoms with Crippen molar-refractivity contribution in [2.24, 2.45) is 0 Å². The van der Waals surface area contributed by atoms with Crippen LogP contribution in [0.25, 0.3) is 5.57 Å². The van der Waals surface area contributed by atoms with Crippen molar-refractivity contribution >= 4 is 23.1 Å². The van der Waals surface area contributed by atoms with Crippen LogP contribution in [0.4, 0.5) is 5.69 Å². The molecule has 162 valence electrons. The van der Waals surface area contributed by atoms with Gasteiger partial charge in [0.1, 0.15) is 11.4 Å². The normalized spacial score (nSPS) is 13.7. The monoisotopic (exact) mass is 426 g/mol. The second-order valence-corrected chi connectivity index (χ2v) is 8.01. The fourth-order valence-electron chi connectivity index (χ4n) is 3.93. The number of anilines is 1. The molecule has 0 bridgehead atoms. The van der Waals surface area contributed by atoms with Crippen LogP contribution < -0.4 is 9.64 Å². The number of benzene rings is 3. The quantitative estimate of drug-likeness (QED) is 0.535. The van der Waals surface area contributed by atoms with E-state index in [9.17, 15) is 9.59 Å². The van der Waals surface area contributed by atoms with E-state index in [2.05, 4.69) is 0 Å². The summed E-state index contributed by atoms with van der Waals surface area (Å²) in [5.74, 6) is 0.0529. The second-order valence-electron chi connectivity index (χ2n) is 8.01. The summed E-state index contributed by atoms with van der Waals surface area (Å²) in [6.07, 6.45) is 0. The topological polar surface area (TPSA) is 49.9 Å². The van der Waals surface area contributed by atoms with Gasteiger partial charge in [-0.3, -0.25) is 9.59 Å². The van der Waals surface area contributed by atoms with E-state index in [1.54, 1.807) is 19.2 Å². The Bertz CT molecular complexity index is 1200. The maximum atomic E-state index is 13.6. The number of likely N-dealkylation sites (N-methyl/N-ethyl adjacent to an activating group) is 1. The lowest BCUT2D eigenvalue weighted by molar-refractivity contribution is -0.120. The van der Waals surface area contributed by atoms with Gasteiger partial charge in [0.05, 0.1) is 18.4 Å². The maximum Gasteiger partial charge on any atom is 0.282 e. The zero-order chi connectivity index (χ0) is 22.8. The van der Waals surface area contributed by atoms with Crippen LogP contribution in [-0.2, 0) is 16.1 Å². The molecule has 5 heteroatoms. The molecule has 2 amide bonds. The average molecular weight is 427 g/mol. The number of methoxy groups -OCH3 is 1. The molecule has 0 unspecified atom stereocenters. The zero-order valence-corrected chi connectivity index (χ0v) is 18.8. The molecule has 0 atom stereocenters. The molecule has 32 heavy (non-hydrogen) atoms. The third kappa shape index (κ3) is 3.89. The van der Waals surface area contributed by atoms with Gasteiger partial charge in [-0.25, -0.2) is 4.90 Å². The number of aryl methyl sites for hydroxylation is 2. The number of amides is 2. The Kier molecular flexibility index (Phi) is 5.82. The smallest absolute Gasteiger partial charge is 0.282 e. The second kappa shape index (κ2) is 8.71. The van der Waals surface area contributed by atoms with E-state index < -0.39 is 0 Å². The first kappa shape index (κ1) is 21.4. The molecule has 5 nitrogen and oxygen atoms in total. The highest BCUT2D eigenvalue weighted by Crippen LogP contribution is 2.36. The first-order chi connectivity index (χ1) is 15.4. The van der Waals surface area contributed by atoms with E-state index in [0.717, 1.165) is 16.7 Å². The van der Waals surface area contributed by atoms with Crippen molar-refractivity contribution in [3.05, 3.63) is 101 Å². The molecule has 3 aromatic rings. The minimum absolute atomic E-state index is 0.317. The van der Waals surface area contributed by atoms with Crippen LogP contribution in [0.2, 0.25) is 0 Å². The Morgan fingerprint density at radius 1 is 0.844 bits per heavy atom. The maximum absolute atomic E-state index is 13.6. The van der Waals surface area contributed by atoms with Crippen molar-refractivity contribution in [3.63, 3.8) is 0 Å². The van der Waals surface area contributed by atoms with Crippen molar-refractivity contribution in [2.75, 3.05) is 19.1 Å². The van der Waals surface area contributed by atoms with Gasteiger partial charge in [-0.05, 0) is 60.4 Å². The summed E-state index contributed by atoms with van der Waals surface area (Å²) in [5, 5.41) is 0. The van der Waals surface area contributed by atoms with Gasteiger partial charge in [-0.15, -0.1) is 0 Å². The third-order valence-corrected chi connectivity index (χ3v) is 5.83. The van der Waals surface area contributed by atoms with E-state index in [4.69, 9.17) is 4.74 Å². The Balaban J connectivity index is 1.80. The Labute approximate surface area is 188 Å². The van der Waals surface area contributed by atoms with Crippen LogP contribution in [0.15, 0.2) is 78.5 Å². The Morgan fingerprint density at radius 2 is 1.53 bits per heavy atom. The van der Waals surface area contributed by atoms with Crippen molar-refractivity contribution < 1.29 is 14.3 Å². The van der Waals surface area contributed by atoms with E-state index in [0.29, 0.717) is 34.8 Å². The molecule has 0 saturated carbocycles. The molecule has 1 aliphatic rings. The van der Waals surface area contributed by atoms with Crippen LogP contribution in [0.3, 0.4) is 0 Å². The van der Waals surface area contributed by atoms with Gasteiger partial charge in [0.25, 0.3) is 11.8 Å². The van der Waals surface area contributed by atoms with Crippen molar-refractivity contribution in [2.45, 2.75) is 20.4 Å². The first-order valence-corrected chi connectivity index (χ1v) is 10.5. The van der Waals surface area contributed by atoms with Gasteiger partial charge in [0.2, 0.25) is 0 Å². The van der Waals surface area contributed by atoms with Gasteiger partial charge in [-0.1, -0.05) is 48.5 Å². The standard InChI is InChI=1S/C27H26N2O3/c1-18-10-13-22(16-19(18)2)29-26(30)24(21-11-14-23(32-4)15-12-21)25(27(29)31)28(3)17-20-8-6-5-7-9-20/h5-16H,17H2,1-4H3. The van der Waals surface area contributed by atoms with Crippen molar-refractivity contribution in [1.29, 1.82) is 0 Å². The summed E-state index contributed by atoms with van der Waals surface area (Å²) in [6.45, 7) is 4.49. The van der Waals surface area contributed by atoms with Crippen LogP contribution in [0, 0.1) is 13.8 Å². The highest BCUT2D eigenvalue weighted by molar-refractivity contribution is 6.45. The van der Waals surface area contributed by atoms with Crippen molar-refractivity contribution in [1.82, 2.24) is 4.90 Å². The average Bonchev–Trinajstić information content (AvgIpc) is 3.06. The van der Waals surface area contributed by atoms with Crippen molar-refractivity contribution in [3.8, 4) is 5.75 Å². The summed E-state index contributed by atoms with van der Waals surface area (Å²) in [6, 6.07) is 22.8. The summed E-state index contributed by atoms with van der Waals surface area (Å²) in [7, 11) is 3.44. The third-order valence-electron chi connectivity index (χ3n) is 5.83. The molecular formula is C27H26N2O3. The molecule has 1 heterocycles. The number of carbonyl (C=O) groups excluding carboxylic acids is 2. The highest BCUT2D eigenvalue weighted by Gasteiger charge is 2.41. The predicted octanol–water partition coefficient (Wildman–Crippen LogP) is 4.73. The first-order valence-electron chi connectivity index (χ1n) is 10.5. The number of carbonyl (C=O) groups is 2. The summed E-state index contributed by atoms with van der Waals surface area (Å²) in [4.78, 5) is 30.4. The Hall–Kier alpha value is -3.86. The molecule has 0 saturated heterocycles. The van der Waals surface area contributed by atoms with Gasteiger partial charge in [0, 0.05) is 13.6 Å². The van der Waals surface area contributed by atoms with E-state index in [1.165, 1.54) is 4.90 Å². The SMILES string of the molecule is COc1ccc(C2=C(N(C)Cc3ccccc3)C(=O)N(c3ccc(C)c(C)c3)C2=O)cc1. The lowest BCUT2D eigenvalue weighted by Gasteiger charge is -2.22. The lowest BCUT2D eigenvalue weighted by Crippen LogP contribution is -2.34. The lowest BCUT2D eigenvalue weighted by atomic mass is 10.0. The molecular weight excluding hydrogens is 400 g/mol. The largest absolute Gasteiger partial charge is 0.497 e. The molecule has 0 aliphatic carbocycles. The number of imide groups is 1. The number of rotatable bonds is 6. The zero-order valence-electron chi connectivity index (χ0n) is 18.8. The van der Waals surface area contributed by atoms with Crippen LogP contribution in [0.5, 0.6) is 5.75 Å². The molecule has 0 radical (unpaired) electrons. The minimum Gasteiger partial charge on any atom is -0.497 e. The summed E-state index contributed by atoms with van der Waals surface area (Å²) >= 11 is 0.